The Morgan fingerprint density at radius 2 is 1.60 bits per heavy atom. The topological polar surface area (TPSA) is 64.0 Å². The monoisotopic (exact) mass is 333 g/mol. The SMILES string of the molecule is O=C(NC1CCCC1)c1nn(-c2ccccc2)c(=O)c2ccccc12. The van der Waals surface area contributed by atoms with Crippen LogP contribution < -0.4 is 10.9 Å². The minimum atomic E-state index is -0.223. The van der Waals surface area contributed by atoms with Crippen LogP contribution in [0.25, 0.3) is 16.5 Å². The summed E-state index contributed by atoms with van der Waals surface area (Å²) in [4.78, 5) is 25.6. The lowest BCUT2D eigenvalue weighted by Gasteiger charge is -2.14. The Hall–Kier alpha value is -2.95. The van der Waals surface area contributed by atoms with Gasteiger partial charge in [0.1, 0.15) is 0 Å². The largest absolute Gasteiger partial charge is 0.348 e. The van der Waals surface area contributed by atoms with Crippen molar-refractivity contribution in [3.8, 4) is 5.69 Å². The number of hydrogen-bond acceptors (Lipinski definition) is 3. The van der Waals surface area contributed by atoms with E-state index in [9.17, 15) is 9.59 Å². The van der Waals surface area contributed by atoms with Crippen LogP contribution in [0.1, 0.15) is 36.2 Å². The summed E-state index contributed by atoms with van der Waals surface area (Å²) in [5.74, 6) is -0.215. The Bertz CT molecular complexity index is 973. The second-order valence-electron chi connectivity index (χ2n) is 6.40. The fraction of sp³-hybridized carbons (Fsp3) is 0.250. The molecule has 3 aromatic rings. The number of carbonyl (C=O) groups is 1. The summed E-state index contributed by atoms with van der Waals surface area (Å²) in [6.07, 6.45) is 4.29. The van der Waals surface area contributed by atoms with E-state index in [0.29, 0.717) is 22.2 Å². The van der Waals surface area contributed by atoms with Gasteiger partial charge in [-0.05, 0) is 31.0 Å². The maximum atomic E-state index is 12.8. The van der Waals surface area contributed by atoms with Crippen LogP contribution in [0.5, 0.6) is 0 Å². The number of benzene rings is 2. The van der Waals surface area contributed by atoms with Gasteiger partial charge in [0, 0.05) is 11.4 Å². The molecule has 1 aliphatic rings. The number of fused-ring (bicyclic) bond motifs is 1. The molecule has 0 atom stereocenters. The fourth-order valence-corrected chi connectivity index (χ4v) is 3.43. The molecule has 5 heteroatoms. The van der Waals surface area contributed by atoms with Crippen LogP contribution in [0, 0.1) is 0 Å². The normalized spacial score (nSPS) is 14.7. The van der Waals surface area contributed by atoms with Crippen molar-refractivity contribution in [2.45, 2.75) is 31.7 Å². The number of aromatic nitrogens is 2. The summed E-state index contributed by atoms with van der Waals surface area (Å²) in [5.41, 5.74) is 0.721. The van der Waals surface area contributed by atoms with Gasteiger partial charge in [-0.2, -0.15) is 9.78 Å². The first-order valence-electron chi connectivity index (χ1n) is 8.62. The molecule has 5 nitrogen and oxygen atoms in total. The minimum absolute atomic E-state index is 0.199. The highest BCUT2D eigenvalue weighted by Gasteiger charge is 2.22. The lowest BCUT2D eigenvalue weighted by Crippen LogP contribution is -2.35. The molecule has 1 fully saturated rings. The lowest BCUT2D eigenvalue weighted by atomic mass is 10.1. The molecule has 0 radical (unpaired) electrons. The van der Waals surface area contributed by atoms with E-state index < -0.39 is 0 Å². The van der Waals surface area contributed by atoms with Gasteiger partial charge in [-0.3, -0.25) is 9.59 Å². The standard InChI is InChI=1S/C20H19N3O2/c24-19(21-14-8-4-5-9-14)18-16-12-6-7-13-17(16)20(25)23(22-18)15-10-2-1-3-11-15/h1-3,6-7,10-14H,4-5,8-9H2,(H,21,24). The number of nitrogens with zero attached hydrogens (tertiary/aromatic N) is 2. The van der Waals surface area contributed by atoms with Crippen LogP contribution in [0.2, 0.25) is 0 Å². The van der Waals surface area contributed by atoms with Crippen molar-refractivity contribution in [2.24, 2.45) is 0 Å². The van der Waals surface area contributed by atoms with Gasteiger partial charge in [-0.15, -0.1) is 0 Å². The van der Waals surface area contributed by atoms with Crippen molar-refractivity contribution in [2.75, 3.05) is 0 Å². The Morgan fingerprint density at radius 3 is 2.32 bits per heavy atom. The van der Waals surface area contributed by atoms with E-state index in [4.69, 9.17) is 0 Å². The molecule has 1 saturated carbocycles. The maximum absolute atomic E-state index is 12.8. The number of carbonyl (C=O) groups excluding carboxylic acids is 1. The van der Waals surface area contributed by atoms with Gasteiger partial charge < -0.3 is 5.32 Å². The van der Waals surface area contributed by atoms with Crippen molar-refractivity contribution in [1.82, 2.24) is 15.1 Å². The smallest absolute Gasteiger partial charge is 0.279 e. The van der Waals surface area contributed by atoms with Crippen molar-refractivity contribution in [1.29, 1.82) is 0 Å². The fourth-order valence-electron chi connectivity index (χ4n) is 3.43. The summed E-state index contributed by atoms with van der Waals surface area (Å²) < 4.78 is 1.31. The van der Waals surface area contributed by atoms with Gasteiger partial charge in [-0.25, -0.2) is 0 Å². The van der Waals surface area contributed by atoms with E-state index in [1.807, 2.05) is 36.4 Å². The molecule has 126 valence electrons. The number of rotatable bonds is 3. The molecule has 25 heavy (non-hydrogen) atoms. The Morgan fingerprint density at radius 1 is 0.960 bits per heavy atom. The quantitative estimate of drug-likeness (QED) is 0.801. The highest BCUT2D eigenvalue weighted by atomic mass is 16.2. The molecular formula is C20H19N3O2. The van der Waals surface area contributed by atoms with Crippen LogP contribution in [0.3, 0.4) is 0 Å². The molecule has 1 aromatic heterocycles. The maximum Gasteiger partial charge on any atom is 0.279 e. The number of amides is 1. The van der Waals surface area contributed by atoms with Gasteiger partial charge in [0.05, 0.1) is 11.1 Å². The Kier molecular flexibility index (Phi) is 4.06. The van der Waals surface area contributed by atoms with Crippen LogP contribution in [0.4, 0.5) is 0 Å². The second kappa shape index (κ2) is 6.51. The molecule has 0 saturated heterocycles. The summed E-state index contributed by atoms with van der Waals surface area (Å²) in [6.45, 7) is 0. The van der Waals surface area contributed by atoms with Crippen molar-refractivity contribution >= 4 is 16.7 Å². The summed E-state index contributed by atoms with van der Waals surface area (Å²) >= 11 is 0. The van der Waals surface area contributed by atoms with E-state index in [1.165, 1.54) is 4.68 Å². The molecule has 0 aliphatic heterocycles. The zero-order valence-electron chi connectivity index (χ0n) is 13.8. The number of nitrogens with one attached hydrogen (secondary N) is 1. The van der Waals surface area contributed by atoms with Crippen molar-refractivity contribution in [3.63, 3.8) is 0 Å². The van der Waals surface area contributed by atoms with Gasteiger partial charge in [0.2, 0.25) is 0 Å². The van der Waals surface area contributed by atoms with Crippen LogP contribution in [-0.2, 0) is 0 Å². The minimum Gasteiger partial charge on any atom is -0.348 e. The molecule has 0 bridgehead atoms. The van der Waals surface area contributed by atoms with Crippen LogP contribution in [0.15, 0.2) is 59.4 Å². The predicted octanol–water partition coefficient (Wildman–Crippen LogP) is 3.06. The highest BCUT2D eigenvalue weighted by molar-refractivity contribution is 6.05. The highest BCUT2D eigenvalue weighted by Crippen LogP contribution is 2.20. The molecule has 1 N–H and O–H groups in total. The summed E-state index contributed by atoms with van der Waals surface area (Å²) in [7, 11) is 0. The third-order valence-corrected chi connectivity index (χ3v) is 4.71. The third kappa shape index (κ3) is 2.93. The van der Waals surface area contributed by atoms with E-state index in [0.717, 1.165) is 25.7 Å². The zero-order chi connectivity index (χ0) is 17.2. The molecular weight excluding hydrogens is 314 g/mol. The molecule has 4 rings (SSSR count). The van der Waals surface area contributed by atoms with Crippen molar-refractivity contribution in [3.05, 3.63) is 70.6 Å². The molecule has 1 heterocycles. The predicted molar refractivity (Wildman–Crippen MR) is 97.1 cm³/mol. The lowest BCUT2D eigenvalue weighted by molar-refractivity contribution is 0.0933. The van der Waals surface area contributed by atoms with Crippen LogP contribution in [-0.4, -0.2) is 21.7 Å². The first-order valence-corrected chi connectivity index (χ1v) is 8.62. The van der Waals surface area contributed by atoms with Gasteiger partial charge in [-0.1, -0.05) is 49.2 Å². The zero-order valence-corrected chi connectivity index (χ0v) is 13.8. The molecule has 1 aliphatic carbocycles. The summed E-state index contributed by atoms with van der Waals surface area (Å²) in [5, 5.41) is 8.56. The molecule has 0 spiro atoms. The first-order chi connectivity index (χ1) is 12.2. The van der Waals surface area contributed by atoms with E-state index in [1.54, 1.807) is 18.2 Å². The first kappa shape index (κ1) is 15.6. The van der Waals surface area contributed by atoms with Gasteiger partial charge in [0.15, 0.2) is 5.69 Å². The van der Waals surface area contributed by atoms with Gasteiger partial charge >= 0.3 is 0 Å². The molecule has 1 amide bonds. The van der Waals surface area contributed by atoms with Crippen LogP contribution >= 0.6 is 0 Å². The van der Waals surface area contributed by atoms with E-state index in [2.05, 4.69) is 10.4 Å². The van der Waals surface area contributed by atoms with E-state index >= 15 is 0 Å². The molecule has 0 unspecified atom stereocenters. The molecule has 2 aromatic carbocycles. The van der Waals surface area contributed by atoms with Crippen molar-refractivity contribution < 1.29 is 4.79 Å². The second-order valence-corrected chi connectivity index (χ2v) is 6.40. The average Bonchev–Trinajstić information content (AvgIpc) is 3.16. The Labute approximate surface area is 145 Å². The number of para-hydroxylation sites is 1. The summed E-state index contributed by atoms with van der Waals surface area (Å²) in [6, 6.07) is 16.5. The average molecular weight is 333 g/mol. The Balaban J connectivity index is 1.86. The number of hydrogen-bond donors (Lipinski definition) is 1. The van der Waals surface area contributed by atoms with E-state index in [-0.39, 0.29) is 17.5 Å². The third-order valence-electron chi connectivity index (χ3n) is 4.71. The van der Waals surface area contributed by atoms with Gasteiger partial charge in [0.25, 0.3) is 11.5 Å².